The van der Waals surface area contributed by atoms with Gasteiger partial charge in [0.2, 0.25) is 0 Å². The largest absolute Gasteiger partial charge is 0.363 e. The van der Waals surface area contributed by atoms with Gasteiger partial charge in [0.1, 0.15) is 6.29 Å². The smallest absolute Gasteiger partial charge is 0.333 e. The minimum atomic E-state index is -0.621. The molecule has 0 fully saturated rings. The number of benzene rings is 1. The topological polar surface area (TPSA) is 63.7 Å². The number of amides is 1. The minimum absolute atomic E-state index is 0.0214. The molecule has 96 valence electrons. The Balaban J connectivity index is 2.56. The molecule has 0 spiro atoms. The third-order valence-electron chi connectivity index (χ3n) is 2.13. The summed E-state index contributed by atoms with van der Waals surface area (Å²) in [4.78, 5) is 38.0. The molecule has 18 heavy (non-hydrogen) atoms. The lowest BCUT2D eigenvalue weighted by Crippen LogP contribution is -2.29. The van der Waals surface area contributed by atoms with Gasteiger partial charge in [0.15, 0.2) is 0 Å². The van der Waals surface area contributed by atoms with Crippen LogP contribution >= 0.6 is 15.9 Å². The van der Waals surface area contributed by atoms with Crippen LogP contribution in [-0.2, 0) is 14.4 Å². The van der Waals surface area contributed by atoms with E-state index in [0.717, 1.165) is 9.54 Å². The third-order valence-corrected chi connectivity index (χ3v) is 2.66. The molecule has 0 aliphatic carbocycles. The lowest BCUT2D eigenvalue weighted by molar-refractivity contribution is -0.161. The van der Waals surface area contributed by atoms with Crippen LogP contribution < -0.4 is 0 Å². The molecule has 0 heterocycles. The summed E-state index contributed by atoms with van der Waals surface area (Å²) in [5.74, 6) is -1.04. The van der Waals surface area contributed by atoms with Crippen molar-refractivity contribution < 1.29 is 19.2 Å². The Kier molecular flexibility index (Phi) is 5.51. The molecule has 0 N–H and O–H groups in total. The summed E-state index contributed by atoms with van der Waals surface area (Å²) in [6.07, 6.45) is 0.773. The standard InChI is InChI=1S/C12H12BrNO4/c1-14(11(16)3-2-8-15)18-12(17)9-4-6-10(13)7-5-9/h4-8H,2-3H2,1H3. The van der Waals surface area contributed by atoms with Crippen molar-refractivity contribution in [2.24, 2.45) is 0 Å². The van der Waals surface area contributed by atoms with E-state index in [1.807, 2.05) is 0 Å². The normalized spacial score (nSPS) is 9.67. The zero-order valence-corrected chi connectivity index (χ0v) is 11.3. The number of aldehydes is 1. The van der Waals surface area contributed by atoms with Crippen molar-refractivity contribution in [3.63, 3.8) is 0 Å². The van der Waals surface area contributed by atoms with Crippen LogP contribution in [-0.4, -0.2) is 30.3 Å². The Labute approximate surface area is 113 Å². The van der Waals surface area contributed by atoms with Gasteiger partial charge in [-0.2, -0.15) is 5.06 Å². The molecule has 1 aromatic carbocycles. The van der Waals surface area contributed by atoms with Crippen molar-refractivity contribution in [2.45, 2.75) is 12.8 Å². The van der Waals surface area contributed by atoms with E-state index in [4.69, 9.17) is 4.84 Å². The highest BCUT2D eigenvalue weighted by Crippen LogP contribution is 2.11. The highest BCUT2D eigenvalue weighted by atomic mass is 79.9. The van der Waals surface area contributed by atoms with E-state index in [2.05, 4.69) is 15.9 Å². The SMILES string of the molecule is CN(OC(=O)c1ccc(Br)cc1)C(=O)CCC=O. The summed E-state index contributed by atoms with van der Waals surface area (Å²) in [5.41, 5.74) is 0.341. The van der Waals surface area contributed by atoms with Gasteiger partial charge in [0.05, 0.1) is 5.56 Å². The second-order valence-corrected chi connectivity index (χ2v) is 4.40. The summed E-state index contributed by atoms with van der Waals surface area (Å²) < 4.78 is 0.842. The zero-order valence-electron chi connectivity index (χ0n) is 9.76. The van der Waals surface area contributed by atoms with E-state index in [1.54, 1.807) is 24.3 Å². The molecule has 0 aliphatic heterocycles. The molecule has 0 atom stereocenters. The first kappa shape index (κ1) is 14.4. The van der Waals surface area contributed by atoms with Gasteiger partial charge in [-0.15, -0.1) is 0 Å². The number of carbonyl (C=O) groups excluding carboxylic acids is 3. The van der Waals surface area contributed by atoms with E-state index in [0.29, 0.717) is 11.8 Å². The lowest BCUT2D eigenvalue weighted by atomic mass is 10.2. The molecular weight excluding hydrogens is 302 g/mol. The van der Waals surface area contributed by atoms with E-state index in [1.165, 1.54) is 7.05 Å². The fourth-order valence-electron chi connectivity index (χ4n) is 1.15. The van der Waals surface area contributed by atoms with Gasteiger partial charge in [0, 0.05) is 24.4 Å². The molecule has 0 saturated carbocycles. The molecule has 1 rings (SSSR count). The Morgan fingerprint density at radius 1 is 1.33 bits per heavy atom. The second kappa shape index (κ2) is 6.90. The van der Waals surface area contributed by atoms with Crippen molar-refractivity contribution in [3.05, 3.63) is 34.3 Å². The molecule has 0 saturated heterocycles. The van der Waals surface area contributed by atoms with Crippen LogP contribution in [0.1, 0.15) is 23.2 Å². The number of rotatable bonds is 4. The van der Waals surface area contributed by atoms with Crippen molar-refractivity contribution >= 4 is 34.1 Å². The second-order valence-electron chi connectivity index (χ2n) is 3.48. The Bertz CT molecular complexity index is 444. The fourth-order valence-corrected chi connectivity index (χ4v) is 1.42. The van der Waals surface area contributed by atoms with Gasteiger partial charge in [-0.05, 0) is 24.3 Å². The van der Waals surface area contributed by atoms with Crippen molar-refractivity contribution in [2.75, 3.05) is 7.05 Å². The average molecular weight is 314 g/mol. The van der Waals surface area contributed by atoms with Crippen LogP contribution in [0.3, 0.4) is 0 Å². The minimum Gasteiger partial charge on any atom is -0.333 e. The highest BCUT2D eigenvalue weighted by molar-refractivity contribution is 9.10. The summed E-state index contributed by atoms with van der Waals surface area (Å²) in [5, 5.41) is 0.841. The Hall–Kier alpha value is -1.69. The molecule has 0 aliphatic rings. The molecule has 0 bridgehead atoms. The summed E-state index contributed by atoms with van der Waals surface area (Å²) in [6, 6.07) is 6.56. The van der Waals surface area contributed by atoms with Gasteiger partial charge in [-0.3, -0.25) is 4.79 Å². The van der Waals surface area contributed by atoms with Crippen molar-refractivity contribution in [3.8, 4) is 0 Å². The van der Waals surface area contributed by atoms with Gasteiger partial charge >= 0.3 is 5.97 Å². The number of carbonyl (C=O) groups is 3. The Morgan fingerprint density at radius 2 is 1.94 bits per heavy atom. The Morgan fingerprint density at radius 3 is 2.50 bits per heavy atom. The number of hydrogen-bond acceptors (Lipinski definition) is 4. The van der Waals surface area contributed by atoms with Gasteiger partial charge < -0.3 is 9.63 Å². The van der Waals surface area contributed by atoms with Crippen LogP contribution in [0.2, 0.25) is 0 Å². The number of hydrogen-bond donors (Lipinski definition) is 0. The van der Waals surface area contributed by atoms with Crippen LogP contribution in [0.25, 0.3) is 0 Å². The van der Waals surface area contributed by atoms with E-state index in [-0.39, 0.29) is 12.8 Å². The first-order chi connectivity index (χ1) is 8.54. The fraction of sp³-hybridized carbons (Fsp3) is 0.250. The predicted molar refractivity (Wildman–Crippen MR) is 67.6 cm³/mol. The van der Waals surface area contributed by atoms with Crippen molar-refractivity contribution in [1.82, 2.24) is 5.06 Å². The zero-order chi connectivity index (χ0) is 13.5. The summed E-state index contributed by atoms with van der Waals surface area (Å²) in [6.45, 7) is 0. The quantitative estimate of drug-likeness (QED) is 0.629. The number of hydroxylamine groups is 2. The molecule has 1 aromatic rings. The summed E-state index contributed by atoms with van der Waals surface area (Å²) >= 11 is 3.25. The first-order valence-corrected chi connectivity index (χ1v) is 6.02. The molecule has 6 heteroatoms. The van der Waals surface area contributed by atoms with Crippen molar-refractivity contribution in [1.29, 1.82) is 0 Å². The van der Waals surface area contributed by atoms with Crippen LogP contribution in [0.5, 0.6) is 0 Å². The van der Waals surface area contributed by atoms with Crippen LogP contribution in [0, 0.1) is 0 Å². The molecule has 0 unspecified atom stereocenters. The number of halogens is 1. The lowest BCUT2D eigenvalue weighted by Gasteiger charge is -2.15. The van der Waals surface area contributed by atoms with E-state index >= 15 is 0 Å². The van der Waals surface area contributed by atoms with Gasteiger partial charge in [-0.25, -0.2) is 4.79 Å². The van der Waals surface area contributed by atoms with Crippen LogP contribution in [0.15, 0.2) is 28.7 Å². The average Bonchev–Trinajstić information content (AvgIpc) is 2.36. The van der Waals surface area contributed by atoms with Crippen LogP contribution in [0.4, 0.5) is 0 Å². The van der Waals surface area contributed by atoms with E-state index < -0.39 is 11.9 Å². The maximum absolute atomic E-state index is 11.6. The molecule has 5 nitrogen and oxygen atoms in total. The van der Waals surface area contributed by atoms with Gasteiger partial charge in [-0.1, -0.05) is 15.9 Å². The third kappa shape index (κ3) is 4.29. The number of nitrogens with zero attached hydrogens (tertiary/aromatic N) is 1. The molecular formula is C12H12BrNO4. The monoisotopic (exact) mass is 313 g/mol. The molecule has 1 amide bonds. The summed E-state index contributed by atoms with van der Waals surface area (Å²) in [7, 11) is 1.34. The predicted octanol–water partition coefficient (Wildman–Crippen LogP) is 1.96. The highest BCUT2D eigenvalue weighted by Gasteiger charge is 2.15. The molecule has 0 radical (unpaired) electrons. The maximum Gasteiger partial charge on any atom is 0.363 e. The first-order valence-electron chi connectivity index (χ1n) is 5.22. The van der Waals surface area contributed by atoms with Gasteiger partial charge in [0.25, 0.3) is 5.91 Å². The van der Waals surface area contributed by atoms with E-state index in [9.17, 15) is 14.4 Å². The molecule has 0 aromatic heterocycles. The maximum atomic E-state index is 11.6.